The van der Waals surface area contributed by atoms with Gasteiger partial charge in [0.25, 0.3) is 0 Å². The molecule has 1 N–H and O–H groups in total. The highest BCUT2D eigenvalue weighted by atomic mass is 32.2. The van der Waals surface area contributed by atoms with Gasteiger partial charge in [-0.15, -0.1) is 0 Å². The molecule has 8 nitrogen and oxygen atoms in total. The van der Waals surface area contributed by atoms with E-state index in [0.29, 0.717) is 22.3 Å². The third-order valence-electron chi connectivity index (χ3n) is 6.38. The molecule has 0 unspecified atom stereocenters. The Morgan fingerprint density at radius 2 is 1.85 bits per heavy atom. The Kier molecular flexibility index (Phi) is 6.36. The summed E-state index contributed by atoms with van der Waals surface area (Å²) in [7, 11) is 0. The summed E-state index contributed by atoms with van der Waals surface area (Å²) in [6, 6.07) is 13.5. The Morgan fingerprint density at radius 1 is 1.09 bits per heavy atom. The van der Waals surface area contributed by atoms with E-state index in [-0.39, 0.29) is 43.0 Å². The van der Waals surface area contributed by atoms with Crippen molar-refractivity contribution >= 4 is 40.3 Å². The summed E-state index contributed by atoms with van der Waals surface area (Å²) in [4.78, 5) is 32.7. The van der Waals surface area contributed by atoms with Gasteiger partial charge in [-0.25, -0.2) is 4.98 Å². The molecule has 3 aromatic rings. The molecular formula is C25H28N4O4S. The van der Waals surface area contributed by atoms with Crippen molar-refractivity contribution in [1.29, 1.82) is 0 Å². The first-order chi connectivity index (χ1) is 16.5. The Balaban J connectivity index is 1.30. The number of carbonyl (C=O) groups excluding carboxylic acids is 2. The highest BCUT2D eigenvalue weighted by Crippen LogP contribution is 2.34. The van der Waals surface area contributed by atoms with E-state index in [0.717, 1.165) is 30.3 Å². The van der Waals surface area contributed by atoms with Gasteiger partial charge in [0, 0.05) is 23.8 Å². The number of imidazole rings is 1. The highest BCUT2D eigenvalue weighted by Gasteiger charge is 2.29. The van der Waals surface area contributed by atoms with Gasteiger partial charge in [0.15, 0.2) is 16.7 Å². The number of hydrogen-bond donors (Lipinski definition) is 1. The third kappa shape index (κ3) is 4.57. The molecule has 9 heteroatoms. The minimum Gasteiger partial charge on any atom is -0.454 e. The van der Waals surface area contributed by atoms with Crippen LogP contribution < -0.4 is 14.8 Å². The number of likely N-dealkylation sites (tertiary alicyclic amines) is 1. The number of carbonyl (C=O) groups is 2. The second-order valence-electron chi connectivity index (χ2n) is 8.80. The average Bonchev–Trinajstić information content (AvgIpc) is 3.42. The van der Waals surface area contributed by atoms with Crippen molar-refractivity contribution in [1.82, 2.24) is 14.5 Å². The van der Waals surface area contributed by atoms with Crippen LogP contribution in [0.5, 0.6) is 11.5 Å². The van der Waals surface area contributed by atoms with E-state index in [1.54, 1.807) is 18.2 Å². The number of amides is 2. The van der Waals surface area contributed by atoms with E-state index in [1.165, 1.54) is 11.8 Å². The first-order valence-corrected chi connectivity index (χ1v) is 12.6. The van der Waals surface area contributed by atoms with Gasteiger partial charge in [-0.05, 0) is 57.4 Å². The number of piperidine rings is 1. The molecule has 34 heavy (non-hydrogen) atoms. The molecular weight excluding hydrogens is 452 g/mol. The van der Waals surface area contributed by atoms with Crippen LogP contribution in [0.2, 0.25) is 0 Å². The second-order valence-corrected chi connectivity index (χ2v) is 9.75. The first-order valence-electron chi connectivity index (χ1n) is 11.6. The van der Waals surface area contributed by atoms with Crippen LogP contribution in [0.3, 0.4) is 0 Å². The van der Waals surface area contributed by atoms with Gasteiger partial charge >= 0.3 is 0 Å². The minimum absolute atomic E-state index is 0.0921. The first kappa shape index (κ1) is 22.6. The fourth-order valence-corrected chi connectivity index (χ4v) is 5.56. The highest BCUT2D eigenvalue weighted by molar-refractivity contribution is 7.99. The molecule has 178 valence electrons. The van der Waals surface area contributed by atoms with Crippen LogP contribution in [0.15, 0.2) is 47.6 Å². The van der Waals surface area contributed by atoms with Gasteiger partial charge in [-0.3, -0.25) is 9.59 Å². The van der Waals surface area contributed by atoms with Crippen LogP contribution in [0.25, 0.3) is 11.0 Å². The number of anilines is 1. The van der Waals surface area contributed by atoms with Gasteiger partial charge in [-0.1, -0.05) is 23.9 Å². The minimum atomic E-state index is -0.160. The zero-order valence-electron chi connectivity index (χ0n) is 19.3. The average molecular weight is 481 g/mol. The number of hydrogen-bond acceptors (Lipinski definition) is 6. The molecule has 0 spiro atoms. The maximum absolute atomic E-state index is 13.3. The molecule has 1 saturated heterocycles. The summed E-state index contributed by atoms with van der Waals surface area (Å²) in [5.41, 5.74) is 2.35. The maximum Gasteiger partial charge on any atom is 0.243 e. The molecule has 0 aliphatic carbocycles. The fraction of sp³-hybridized carbons (Fsp3) is 0.400. The summed E-state index contributed by atoms with van der Waals surface area (Å²) in [5.74, 6) is 1.39. The van der Waals surface area contributed by atoms with Crippen LogP contribution in [0.1, 0.15) is 33.1 Å². The summed E-state index contributed by atoms with van der Waals surface area (Å²) < 4.78 is 12.6. The number of thioether (sulfide) groups is 1. The van der Waals surface area contributed by atoms with Gasteiger partial charge in [0.05, 0.1) is 16.8 Å². The molecule has 0 radical (unpaired) electrons. The predicted octanol–water partition coefficient (Wildman–Crippen LogP) is 4.29. The van der Waals surface area contributed by atoms with E-state index < -0.39 is 0 Å². The summed E-state index contributed by atoms with van der Waals surface area (Å²) in [5, 5.41) is 3.55. The van der Waals surface area contributed by atoms with E-state index in [2.05, 4.69) is 19.2 Å². The lowest BCUT2D eigenvalue weighted by Gasteiger charge is -2.39. The zero-order valence-corrected chi connectivity index (χ0v) is 20.1. The molecule has 1 fully saturated rings. The fourth-order valence-electron chi connectivity index (χ4n) is 4.75. The molecule has 1 aromatic heterocycles. The normalized spacial score (nSPS) is 19.4. The van der Waals surface area contributed by atoms with Crippen molar-refractivity contribution < 1.29 is 19.1 Å². The van der Waals surface area contributed by atoms with Crippen LogP contribution in [-0.4, -0.2) is 50.9 Å². The van der Waals surface area contributed by atoms with E-state index in [1.807, 2.05) is 33.7 Å². The zero-order chi connectivity index (χ0) is 23.7. The second kappa shape index (κ2) is 9.58. The Hall–Kier alpha value is -3.20. The Labute approximate surface area is 202 Å². The third-order valence-corrected chi connectivity index (χ3v) is 7.36. The number of benzene rings is 2. The number of aromatic nitrogens is 2. The predicted molar refractivity (Wildman–Crippen MR) is 131 cm³/mol. The number of nitrogens with one attached hydrogen (secondary N) is 1. The van der Waals surface area contributed by atoms with E-state index in [9.17, 15) is 9.59 Å². The summed E-state index contributed by atoms with van der Waals surface area (Å²) in [6.07, 6.45) is 3.21. The molecule has 5 rings (SSSR count). The Bertz CT molecular complexity index is 1220. The van der Waals surface area contributed by atoms with Gasteiger partial charge in [0.2, 0.25) is 18.6 Å². The van der Waals surface area contributed by atoms with Crippen LogP contribution in [-0.2, 0) is 16.1 Å². The van der Waals surface area contributed by atoms with Gasteiger partial charge in [0.1, 0.15) is 6.54 Å². The lowest BCUT2D eigenvalue weighted by Crippen LogP contribution is -2.48. The molecule has 2 atom stereocenters. The quantitative estimate of drug-likeness (QED) is 0.530. The lowest BCUT2D eigenvalue weighted by atomic mass is 9.97. The van der Waals surface area contributed by atoms with E-state index >= 15 is 0 Å². The molecule has 2 aliphatic heterocycles. The SMILES string of the molecule is C[C@H]1CCC[C@H](C)N1C(=O)Cn1c(SCC(=O)Nc2ccc3c(c2)OCO3)nc2ccccc21. The molecule has 0 bridgehead atoms. The molecule has 3 heterocycles. The maximum atomic E-state index is 13.3. The van der Waals surface area contributed by atoms with E-state index in [4.69, 9.17) is 14.5 Å². The molecule has 2 amide bonds. The van der Waals surface area contributed by atoms with Crippen molar-refractivity contribution in [2.75, 3.05) is 17.9 Å². The van der Waals surface area contributed by atoms with Gasteiger partial charge < -0.3 is 24.3 Å². The van der Waals surface area contributed by atoms with Crippen molar-refractivity contribution in [2.45, 2.75) is 56.9 Å². The molecule has 2 aromatic carbocycles. The lowest BCUT2D eigenvalue weighted by molar-refractivity contribution is -0.138. The smallest absolute Gasteiger partial charge is 0.243 e. The van der Waals surface area contributed by atoms with Crippen molar-refractivity contribution in [3.8, 4) is 11.5 Å². The Morgan fingerprint density at radius 3 is 2.68 bits per heavy atom. The molecule has 2 aliphatic rings. The van der Waals surface area contributed by atoms with Crippen molar-refractivity contribution in [2.24, 2.45) is 0 Å². The number of rotatable bonds is 6. The van der Waals surface area contributed by atoms with Crippen molar-refractivity contribution in [3.05, 3.63) is 42.5 Å². The van der Waals surface area contributed by atoms with Crippen LogP contribution in [0.4, 0.5) is 5.69 Å². The number of ether oxygens (including phenoxy) is 2. The molecule has 0 saturated carbocycles. The van der Waals surface area contributed by atoms with Crippen LogP contribution in [0, 0.1) is 0 Å². The largest absolute Gasteiger partial charge is 0.454 e. The van der Waals surface area contributed by atoms with Crippen LogP contribution >= 0.6 is 11.8 Å². The van der Waals surface area contributed by atoms with Gasteiger partial charge in [-0.2, -0.15) is 0 Å². The number of nitrogens with zero attached hydrogens (tertiary/aromatic N) is 3. The number of fused-ring (bicyclic) bond motifs is 2. The summed E-state index contributed by atoms with van der Waals surface area (Å²) >= 11 is 1.33. The topological polar surface area (TPSA) is 85.7 Å². The number of para-hydroxylation sites is 2. The monoisotopic (exact) mass is 480 g/mol. The van der Waals surface area contributed by atoms with Crippen molar-refractivity contribution in [3.63, 3.8) is 0 Å². The standard InChI is InChI=1S/C25H28N4O4S/c1-16-6-5-7-17(2)29(16)24(31)13-28-20-9-4-3-8-19(20)27-25(28)34-14-23(30)26-18-10-11-21-22(12-18)33-15-32-21/h3-4,8-12,16-17H,5-7,13-15H2,1-2H3,(H,26,30)/t16-,17-/m0/s1. The summed E-state index contributed by atoms with van der Waals surface area (Å²) in [6.45, 7) is 4.64.